The van der Waals surface area contributed by atoms with Gasteiger partial charge in [0.25, 0.3) is 0 Å². The van der Waals surface area contributed by atoms with Crippen molar-refractivity contribution in [3.63, 3.8) is 0 Å². The maximum atomic E-state index is 13.2. The molecule has 7 heteroatoms. The summed E-state index contributed by atoms with van der Waals surface area (Å²) in [5, 5.41) is 6.39. The number of nitrogens with zero attached hydrogens (tertiary/aromatic N) is 2. The Morgan fingerprint density at radius 3 is 2.73 bits per heavy atom. The van der Waals surface area contributed by atoms with Crippen molar-refractivity contribution in [3.05, 3.63) is 59.5 Å². The molecule has 0 unspecified atom stereocenters. The van der Waals surface area contributed by atoms with Crippen LogP contribution in [0.5, 0.6) is 5.88 Å². The minimum Gasteiger partial charge on any atom is -0.477 e. The first kappa shape index (κ1) is 22.1. The minimum absolute atomic E-state index is 0. The lowest BCUT2D eigenvalue weighted by atomic mass is 10.2. The van der Waals surface area contributed by atoms with Gasteiger partial charge >= 0.3 is 0 Å². The Morgan fingerprint density at radius 2 is 2.00 bits per heavy atom. The number of rotatable bonds is 8. The second-order valence-corrected chi connectivity index (χ2v) is 5.58. The molecule has 2 N–H and O–H groups in total. The third-order valence-corrected chi connectivity index (χ3v) is 3.61. The Morgan fingerprint density at radius 1 is 1.19 bits per heavy atom. The van der Waals surface area contributed by atoms with E-state index in [2.05, 4.69) is 27.5 Å². The van der Waals surface area contributed by atoms with Crippen molar-refractivity contribution in [2.75, 3.05) is 13.7 Å². The number of hydrogen-bond donors (Lipinski definition) is 2. The summed E-state index contributed by atoms with van der Waals surface area (Å²) in [5.41, 5.74) is 1.82. The largest absolute Gasteiger partial charge is 0.477 e. The Balaban J connectivity index is 0.00000338. The van der Waals surface area contributed by atoms with Gasteiger partial charge in [-0.3, -0.25) is 4.99 Å². The van der Waals surface area contributed by atoms with Gasteiger partial charge in [0.05, 0.1) is 6.61 Å². The summed E-state index contributed by atoms with van der Waals surface area (Å²) >= 11 is 0. The normalized spacial score (nSPS) is 10.8. The zero-order valence-corrected chi connectivity index (χ0v) is 17.5. The number of ether oxygens (including phenoxy) is 1. The van der Waals surface area contributed by atoms with Crippen LogP contribution in [-0.2, 0) is 13.1 Å². The van der Waals surface area contributed by atoms with Gasteiger partial charge in [-0.1, -0.05) is 31.5 Å². The lowest BCUT2D eigenvalue weighted by Crippen LogP contribution is -2.36. The van der Waals surface area contributed by atoms with Gasteiger partial charge in [-0.2, -0.15) is 0 Å². The van der Waals surface area contributed by atoms with Crippen molar-refractivity contribution >= 4 is 29.9 Å². The summed E-state index contributed by atoms with van der Waals surface area (Å²) < 4.78 is 19.0. The molecule has 0 fully saturated rings. The molecule has 0 amide bonds. The highest BCUT2D eigenvalue weighted by Gasteiger charge is 2.06. The zero-order valence-electron chi connectivity index (χ0n) is 15.2. The fourth-order valence-corrected chi connectivity index (χ4v) is 2.23. The van der Waals surface area contributed by atoms with E-state index in [9.17, 15) is 4.39 Å². The Labute approximate surface area is 171 Å². The smallest absolute Gasteiger partial charge is 0.218 e. The molecule has 1 aromatic heterocycles. The third kappa shape index (κ3) is 7.55. The molecule has 5 nitrogen and oxygen atoms in total. The maximum Gasteiger partial charge on any atom is 0.218 e. The Kier molecular flexibility index (Phi) is 10.6. The first-order valence-corrected chi connectivity index (χ1v) is 8.48. The third-order valence-electron chi connectivity index (χ3n) is 3.61. The molecule has 0 saturated carbocycles. The lowest BCUT2D eigenvalue weighted by Gasteiger charge is -2.14. The van der Waals surface area contributed by atoms with E-state index in [4.69, 9.17) is 4.74 Å². The van der Waals surface area contributed by atoms with E-state index in [1.807, 2.05) is 18.2 Å². The van der Waals surface area contributed by atoms with Crippen LogP contribution in [0.15, 0.2) is 47.6 Å². The average molecular weight is 472 g/mol. The molecule has 0 saturated heterocycles. The van der Waals surface area contributed by atoms with Crippen LogP contribution in [0.3, 0.4) is 0 Å². The molecule has 0 bridgehead atoms. The van der Waals surface area contributed by atoms with Gasteiger partial charge in [-0.15, -0.1) is 24.0 Å². The van der Waals surface area contributed by atoms with Crippen LogP contribution in [0.1, 0.15) is 30.9 Å². The van der Waals surface area contributed by atoms with Crippen LogP contribution in [0.4, 0.5) is 4.39 Å². The van der Waals surface area contributed by atoms with Gasteiger partial charge in [0.1, 0.15) is 5.82 Å². The SMILES string of the molecule is CCCCOc1ncccc1CNC(=NC)NCc1cccc(F)c1.I. The molecular formula is C19H26FIN4O. The Bertz CT molecular complexity index is 697. The number of guanidine groups is 1. The topological polar surface area (TPSA) is 58.5 Å². The predicted molar refractivity (Wildman–Crippen MR) is 113 cm³/mol. The van der Waals surface area contributed by atoms with Gasteiger partial charge in [0.15, 0.2) is 5.96 Å². The highest BCUT2D eigenvalue weighted by molar-refractivity contribution is 14.0. The van der Waals surface area contributed by atoms with Crippen molar-refractivity contribution in [3.8, 4) is 5.88 Å². The van der Waals surface area contributed by atoms with E-state index in [-0.39, 0.29) is 29.8 Å². The molecule has 0 atom stereocenters. The fourth-order valence-electron chi connectivity index (χ4n) is 2.23. The second kappa shape index (κ2) is 12.5. The molecule has 0 aliphatic heterocycles. The second-order valence-electron chi connectivity index (χ2n) is 5.58. The first-order chi connectivity index (χ1) is 12.2. The molecular weight excluding hydrogens is 446 g/mol. The predicted octanol–water partition coefficient (Wildman–Crippen LogP) is 3.88. The summed E-state index contributed by atoms with van der Waals surface area (Å²) in [5.74, 6) is 1.03. The number of hydrogen-bond acceptors (Lipinski definition) is 3. The highest BCUT2D eigenvalue weighted by Crippen LogP contribution is 2.14. The minimum atomic E-state index is -0.244. The van der Waals surface area contributed by atoms with Gasteiger partial charge in [-0.25, -0.2) is 9.37 Å². The number of aliphatic imine (C=N–C) groups is 1. The van der Waals surface area contributed by atoms with Crippen LogP contribution in [0, 0.1) is 5.82 Å². The van der Waals surface area contributed by atoms with E-state index in [1.165, 1.54) is 12.1 Å². The molecule has 2 rings (SSSR count). The van der Waals surface area contributed by atoms with Crippen molar-refractivity contribution in [2.45, 2.75) is 32.9 Å². The van der Waals surface area contributed by atoms with E-state index in [0.717, 1.165) is 24.0 Å². The molecule has 0 aliphatic rings. The van der Waals surface area contributed by atoms with Crippen LogP contribution in [0.2, 0.25) is 0 Å². The molecule has 2 aromatic rings. The molecule has 1 heterocycles. The van der Waals surface area contributed by atoms with Crippen molar-refractivity contribution in [1.82, 2.24) is 15.6 Å². The molecule has 0 radical (unpaired) electrons. The average Bonchev–Trinajstić information content (AvgIpc) is 2.63. The van der Waals surface area contributed by atoms with Crippen molar-refractivity contribution < 1.29 is 9.13 Å². The van der Waals surface area contributed by atoms with Crippen LogP contribution >= 0.6 is 24.0 Å². The summed E-state index contributed by atoms with van der Waals surface area (Å²) in [4.78, 5) is 8.48. The van der Waals surface area contributed by atoms with Crippen molar-refractivity contribution in [2.24, 2.45) is 4.99 Å². The van der Waals surface area contributed by atoms with E-state index >= 15 is 0 Å². The molecule has 0 aliphatic carbocycles. The first-order valence-electron chi connectivity index (χ1n) is 8.48. The number of aromatic nitrogens is 1. The lowest BCUT2D eigenvalue weighted by molar-refractivity contribution is 0.294. The zero-order chi connectivity index (χ0) is 17.9. The molecule has 0 spiro atoms. The number of nitrogens with one attached hydrogen (secondary N) is 2. The fraction of sp³-hybridized carbons (Fsp3) is 0.368. The monoisotopic (exact) mass is 472 g/mol. The Hall–Kier alpha value is -1.90. The van der Waals surface area contributed by atoms with E-state index < -0.39 is 0 Å². The van der Waals surface area contributed by atoms with E-state index in [1.54, 1.807) is 19.3 Å². The summed E-state index contributed by atoms with van der Waals surface area (Å²) in [7, 11) is 1.70. The number of unbranched alkanes of at least 4 members (excludes halogenated alkanes) is 1. The molecule has 1 aromatic carbocycles. The van der Waals surface area contributed by atoms with Crippen molar-refractivity contribution in [1.29, 1.82) is 0 Å². The van der Waals surface area contributed by atoms with Crippen LogP contribution in [-0.4, -0.2) is 24.6 Å². The number of benzene rings is 1. The van der Waals surface area contributed by atoms with Gasteiger partial charge < -0.3 is 15.4 Å². The van der Waals surface area contributed by atoms with Crippen LogP contribution in [0.25, 0.3) is 0 Å². The quantitative estimate of drug-likeness (QED) is 0.265. The van der Waals surface area contributed by atoms with Gasteiger partial charge in [0, 0.05) is 31.9 Å². The summed E-state index contributed by atoms with van der Waals surface area (Å²) in [6.45, 7) is 3.81. The summed E-state index contributed by atoms with van der Waals surface area (Å²) in [6.07, 6.45) is 3.80. The molecule has 142 valence electrons. The van der Waals surface area contributed by atoms with Crippen LogP contribution < -0.4 is 15.4 Å². The number of halogens is 2. The maximum absolute atomic E-state index is 13.2. The molecule has 26 heavy (non-hydrogen) atoms. The highest BCUT2D eigenvalue weighted by atomic mass is 127. The van der Waals surface area contributed by atoms with E-state index in [0.29, 0.717) is 31.5 Å². The van der Waals surface area contributed by atoms with Gasteiger partial charge in [-0.05, 0) is 30.2 Å². The van der Waals surface area contributed by atoms with Gasteiger partial charge in [0.2, 0.25) is 5.88 Å². The summed E-state index contributed by atoms with van der Waals surface area (Å²) in [6, 6.07) is 10.3. The standard InChI is InChI=1S/C19H25FN4O.HI/c1-3-4-11-25-18-16(8-6-10-22-18)14-24-19(21-2)23-13-15-7-5-9-17(20)12-15;/h5-10,12H,3-4,11,13-14H2,1-2H3,(H2,21,23,24);1H. The number of pyridine rings is 1.